The molecule has 3 N–H and O–H groups in total. The van der Waals surface area contributed by atoms with Crippen molar-refractivity contribution in [3.63, 3.8) is 0 Å². The van der Waals surface area contributed by atoms with Crippen molar-refractivity contribution in [3.05, 3.63) is 36.7 Å². The van der Waals surface area contributed by atoms with Gasteiger partial charge in [-0.15, -0.1) is 0 Å². The highest BCUT2D eigenvalue weighted by atomic mass is 16.3. The third-order valence-corrected chi connectivity index (χ3v) is 5.37. The maximum atomic E-state index is 12.3. The Morgan fingerprint density at radius 2 is 1.88 bits per heavy atom. The number of amides is 2. The van der Waals surface area contributed by atoms with Gasteiger partial charge in [-0.1, -0.05) is 0 Å². The summed E-state index contributed by atoms with van der Waals surface area (Å²) < 4.78 is 0. The summed E-state index contributed by atoms with van der Waals surface area (Å²) in [7, 11) is 0. The second kappa shape index (κ2) is 6.24. The maximum absolute atomic E-state index is 12.3. The molecule has 1 aromatic carbocycles. The highest BCUT2D eigenvalue weighted by Crippen LogP contribution is 2.48. The van der Waals surface area contributed by atoms with Crippen molar-refractivity contribution in [2.24, 2.45) is 17.8 Å². The van der Waals surface area contributed by atoms with E-state index < -0.39 is 0 Å². The van der Waals surface area contributed by atoms with Crippen molar-refractivity contribution in [2.75, 3.05) is 11.9 Å². The summed E-state index contributed by atoms with van der Waals surface area (Å²) in [5.41, 5.74) is 1.55. The zero-order valence-corrected chi connectivity index (χ0v) is 13.3. The number of urea groups is 1. The van der Waals surface area contributed by atoms with Crippen molar-refractivity contribution < 1.29 is 9.90 Å². The van der Waals surface area contributed by atoms with Gasteiger partial charge in [-0.25, -0.2) is 4.79 Å². The molecule has 126 valence electrons. The number of nitrogens with zero attached hydrogens (tertiary/aromatic N) is 3. The van der Waals surface area contributed by atoms with E-state index in [-0.39, 0.29) is 24.6 Å². The number of fused-ring (bicyclic) bond motifs is 2. The molecule has 2 aliphatic carbocycles. The van der Waals surface area contributed by atoms with Gasteiger partial charge in [0.1, 0.15) is 0 Å². The van der Waals surface area contributed by atoms with Gasteiger partial charge in [0.05, 0.1) is 18.1 Å². The first-order valence-corrected chi connectivity index (χ1v) is 8.39. The van der Waals surface area contributed by atoms with Crippen LogP contribution >= 0.6 is 0 Å². The molecule has 4 rings (SSSR count). The average Bonchev–Trinajstić information content (AvgIpc) is 3.33. The van der Waals surface area contributed by atoms with Crippen LogP contribution in [-0.4, -0.2) is 38.8 Å². The molecule has 0 saturated heterocycles. The molecule has 4 unspecified atom stereocenters. The standard InChI is InChI=1S/C17H21N5O2/c23-10-15-11-1-2-12(9-11)16(15)21-17(24)20-13-3-5-14(6-4-13)22-18-7-8-19-22/h3-8,11-12,15-16,23H,1-2,9-10H2,(H2,20,21,24). The van der Waals surface area contributed by atoms with E-state index in [9.17, 15) is 9.90 Å². The van der Waals surface area contributed by atoms with Crippen LogP contribution in [0.5, 0.6) is 0 Å². The Labute approximate surface area is 140 Å². The minimum absolute atomic E-state index is 0.0845. The number of carbonyl (C=O) groups excluding carboxylic acids is 1. The van der Waals surface area contributed by atoms with Crippen molar-refractivity contribution in [2.45, 2.75) is 25.3 Å². The lowest BCUT2D eigenvalue weighted by molar-refractivity contribution is 0.146. The molecule has 7 nitrogen and oxygen atoms in total. The van der Waals surface area contributed by atoms with Crippen molar-refractivity contribution in [3.8, 4) is 5.69 Å². The molecular formula is C17H21N5O2. The Hall–Kier alpha value is -2.41. The summed E-state index contributed by atoms with van der Waals surface area (Å²) in [5, 5.41) is 23.7. The third-order valence-electron chi connectivity index (χ3n) is 5.37. The maximum Gasteiger partial charge on any atom is 0.319 e. The van der Waals surface area contributed by atoms with E-state index in [1.165, 1.54) is 11.2 Å². The van der Waals surface area contributed by atoms with Gasteiger partial charge in [0.2, 0.25) is 0 Å². The Kier molecular flexibility index (Phi) is 3.93. The van der Waals surface area contributed by atoms with Gasteiger partial charge in [-0.2, -0.15) is 15.0 Å². The Morgan fingerprint density at radius 1 is 1.17 bits per heavy atom. The van der Waals surface area contributed by atoms with Gasteiger partial charge in [-0.05, 0) is 55.4 Å². The van der Waals surface area contributed by atoms with E-state index in [4.69, 9.17) is 0 Å². The summed E-state index contributed by atoms with van der Waals surface area (Å²) in [5.74, 6) is 1.26. The number of aliphatic hydroxyl groups excluding tert-OH is 1. The largest absolute Gasteiger partial charge is 0.396 e. The van der Waals surface area contributed by atoms with Crippen LogP contribution in [0.3, 0.4) is 0 Å². The lowest BCUT2D eigenvalue weighted by Crippen LogP contribution is -2.46. The van der Waals surface area contributed by atoms with Crippen LogP contribution in [0.15, 0.2) is 36.7 Å². The number of anilines is 1. The van der Waals surface area contributed by atoms with Crippen LogP contribution < -0.4 is 10.6 Å². The minimum atomic E-state index is -0.212. The quantitative estimate of drug-likeness (QED) is 0.798. The first-order valence-electron chi connectivity index (χ1n) is 8.39. The number of rotatable bonds is 4. The van der Waals surface area contributed by atoms with Gasteiger partial charge in [0.25, 0.3) is 0 Å². The summed E-state index contributed by atoms with van der Waals surface area (Å²) in [6.07, 6.45) is 6.69. The molecule has 0 aliphatic heterocycles. The Bertz CT molecular complexity index is 700. The molecule has 0 radical (unpaired) electrons. The van der Waals surface area contributed by atoms with Gasteiger partial charge in [-0.3, -0.25) is 0 Å². The number of benzene rings is 1. The average molecular weight is 327 g/mol. The Morgan fingerprint density at radius 3 is 2.58 bits per heavy atom. The number of nitrogens with one attached hydrogen (secondary N) is 2. The summed E-state index contributed by atoms with van der Waals surface area (Å²) in [6.45, 7) is 0.150. The molecule has 1 heterocycles. The molecule has 0 spiro atoms. The zero-order chi connectivity index (χ0) is 16.5. The van der Waals surface area contributed by atoms with Gasteiger partial charge >= 0.3 is 6.03 Å². The number of aromatic nitrogens is 3. The smallest absolute Gasteiger partial charge is 0.319 e. The highest BCUT2D eigenvalue weighted by Gasteiger charge is 2.47. The molecule has 1 aromatic heterocycles. The molecule has 2 bridgehead atoms. The van der Waals surface area contributed by atoms with E-state index in [0.29, 0.717) is 17.5 Å². The fourth-order valence-electron chi connectivity index (χ4n) is 4.24. The van der Waals surface area contributed by atoms with E-state index in [2.05, 4.69) is 20.8 Å². The molecule has 2 saturated carbocycles. The summed E-state index contributed by atoms with van der Waals surface area (Å²) >= 11 is 0. The second-order valence-electron chi connectivity index (χ2n) is 6.67. The van der Waals surface area contributed by atoms with Crippen LogP contribution in [0, 0.1) is 17.8 Å². The lowest BCUT2D eigenvalue weighted by Gasteiger charge is -2.30. The molecule has 4 atom stereocenters. The topological polar surface area (TPSA) is 92.1 Å². The number of hydrogen-bond acceptors (Lipinski definition) is 4. The van der Waals surface area contributed by atoms with Crippen LogP contribution in [-0.2, 0) is 0 Å². The summed E-state index contributed by atoms with van der Waals surface area (Å²) in [6, 6.07) is 7.22. The molecule has 2 fully saturated rings. The minimum Gasteiger partial charge on any atom is -0.396 e. The van der Waals surface area contributed by atoms with Gasteiger partial charge < -0.3 is 15.7 Å². The van der Waals surface area contributed by atoms with Crippen molar-refractivity contribution >= 4 is 11.7 Å². The van der Waals surface area contributed by atoms with Crippen LogP contribution in [0.25, 0.3) is 5.69 Å². The van der Waals surface area contributed by atoms with Crippen LogP contribution in [0.4, 0.5) is 10.5 Å². The molecule has 2 amide bonds. The van der Waals surface area contributed by atoms with Crippen molar-refractivity contribution in [1.82, 2.24) is 20.3 Å². The first-order chi connectivity index (χ1) is 11.7. The molecule has 24 heavy (non-hydrogen) atoms. The zero-order valence-electron chi connectivity index (χ0n) is 13.3. The third kappa shape index (κ3) is 2.75. The van der Waals surface area contributed by atoms with E-state index in [1.807, 2.05) is 24.3 Å². The van der Waals surface area contributed by atoms with Gasteiger partial charge in [0.15, 0.2) is 0 Å². The molecule has 2 aromatic rings. The predicted molar refractivity (Wildman–Crippen MR) is 88.7 cm³/mol. The van der Waals surface area contributed by atoms with Crippen LogP contribution in [0.1, 0.15) is 19.3 Å². The van der Waals surface area contributed by atoms with E-state index in [1.54, 1.807) is 12.4 Å². The fourth-order valence-corrected chi connectivity index (χ4v) is 4.24. The first kappa shape index (κ1) is 15.1. The summed E-state index contributed by atoms with van der Waals surface area (Å²) in [4.78, 5) is 13.8. The van der Waals surface area contributed by atoms with E-state index >= 15 is 0 Å². The lowest BCUT2D eigenvalue weighted by atomic mass is 9.85. The fraction of sp³-hybridized carbons (Fsp3) is 0.471. The highest BCUT2D eigenvalue weighted by molar-refractivity contribution is 5.89. The predicted octanol–water partition coefficient (Wildman–Crippen LogP) is 1.80. The molecule has 7 heteroatoms. The monoisotopic (exact) mass is 327 g/mol. The number of aliphatic hydroxyl groups is 1. The van der Waals surface area contributed by atoms with Gasteiger partial charge in [0, 0.05) is 24.3 Å². The molecule has 2 aliphatic rings. The number of carbonyl (C=O) groups is 1. The number of hydrogen-bond donors (Lipinski definition) is 3. The van der Waals surface area contributed by atoms with Crippen LogP contribution in [0.2, 0.25) is 0 Å². The van der Waals surface area contributed by atoms with E-state index in [0.717, 1.165) is 18.5 Å². The molecular weight excluding hydrogens is 306 g/mol. The normalized spacial score (nSPS) is 28.0. The van der Waals surface area contributed by atoms with Crippen molar-refractivity contribution in [1.29, 1.82) is 0 Å². The SMILES string of the molecule is O=C(Nc1ccc(-n2nccn2)cc1)NC1C2CCC(C2)C1CO. The second-order valence-corrected chi connectivity index (χ2v) is 6.67. The Balaban J connectivity index is 1.38.